The van der Waals surface area contributed by atoms with Gasteiger partial charge in [0.05, 0.1) is 5.69 Å². The first kappa shape index (κ1) is 15.8. The Morgan fingerprint density at radius 3 is 2.63 bits per heavy atom. The molecule has 1 aromatic rings. The topological polar surface area (TPSA) is 91.3 Å². The van der Waals surface area contributed by atoms with Gasteiger partial charge in [0.25, 0.3) is 0 Å². The van der Waals surface area contributed by atoms with Crippen LogP contribution in [0.3, 0.4) is 0 Å². The maximum absolute atomic E-state index is 11.7. The number of nitrogens with one attached hydrogen (secondary N) is 2. The van der Waals surface area contributed by atoms with Gasteiger partial charge in [0.2, 0.25) is 0 Å². The summed E-state index contributed by atoms with van der Waals surface area (Å²) in [7, 11) is 0. The average molecular weight is 303 g/mol. The predicted molar refractivity (Wildman–Crippen MR) is 78.2 cm³/mol. The van der Waals surface area contributed by atoms with Gasteiger partial charge in [0.15, 0.2) is 5.13 Å². The molecule has 3 N–H and O–H groups in total. The van der Waals surface area contributed by atoms with Crippen molar-refractivity contribution in [1.29, 1.82) is 0 Å². The molecule has 0 bridgehead atoms. The first-order valence-corrected chi connectivity index (χ1v) is 7.88. The molecule has 0 aromatic carbocycles. The Morgan fingerprint density at radius 1 is 1.47 bits per heavy atom. The van der Waals surface area contributed by atoms with Crippen molar-refractivity contribution < 1.29 is 14.7 Å². The van der Waals surface area contributed by atoms with E-state index in [1.165, 1.54) is 23.1 Å². The maximum atomic E-state index is 11.7. The maximum Gasteiger partial charge on any atom is 0.326 e. The van der Waals surface area contributed by atoms with E-state index in [1.807, 2.05) is 20.1 Å². The number of carboxylic acids is 1. The molecule has 106 valence electrons. The van der Waals surface area contributed by atoms with Crippen LogP contribution in [0.4, 0.5) is 9.93 Å². The lowest BCUT2D eigenvalue weighted by Crippen LogP contribution is -2.43. The Labute approximate surface area is 120 Å². The number of aliphatic carboxylic acids is 1. The van der Waals surface area contributed by atoms with Crippen LogP contribution in [0.5, 0.6) is 0 Å². The Morgan fingerprint density at radius 2 is 2.16 bits per heavy atom. The molecule has 1 rings (SSSR count). The van der Waals surface area contributed by atoms with Crippen molar-refractivity contribution in [2.24, 2.45) is 0 Å². The van der Waals surface area contributed by atoms with Crippen LogP contribution in [-0.2, 0) is 4.79 Å². The summed E-state index contributed by atoms with van der Waals surface area (Å²) < 4.78 is 0. The molecule has 6 nitrogen and oxygen atoms in total. The van der Waals surface area contributed by atoms with Crippen LogP contribution in [0.15, 0.2) is 0 Å². The zero-order valence-corrected chi connectivity index (χ0v) is 12.7. The Balaban J connectivity index is 2.54. The second-order valence-electron chi connectivity index (χ2n) is 3.93. The third-order valence-electron chi connectivity index (χ3n) is 2.46. The highest BCUT2D eigenvalue weighted by atomic mass is 32.2. The zero-order chi connectivity index (χ0) is 14.4. The molecule has 2 amide bonds. The number of hydrogen-bond acceptors (Lipinski definition) is 5. The third kappa shape index (κ3) is 5.07. The molecule has 1 aromatic heterocycles. The number of carboxylic acid groups (broad SMARTS) is 1. The fourth-order valence-electron chi connectivity index (χ4n) is 1.31. The molecule has 0 radical (unpaired) electrons. The van der Waals surface area contributed by atoms with Crippen molar-refractivity contribution in [2.75, 3.05) is 17.3 Å². The van der Waals surface area contributed by atoms with Crippen LogP contribution in [0.1, 0.15) is 17.0 Å². The summed E-state index contributed by atoms with van der Waals surface area (Å²) in [5.74, 6) is -0.358. The van der Waals surface area contributed by atoms with Crippen molar-refractivity contribution in [1.82, 2.24) is 10.3 Å². The van der Waals surface area contributed by atoms with Crippen molar-refractivity contribution >= 4 is 40.2 Å². The first-order chi connectivity index (χ1) is 8.93. The second-order valence-corrected chi connectivity index (χ2v) is 6.12. The largest absolute Gasteiger partial charge is 0.480 e. The van der Waals surface area contributed by atoms with Gasteiger partial charge in [-0.15, -0.1) is 11.3 Å². The monoisotopic (exact) mass is 303 g/mol. The molecule has 0 aliphatic rings. The van der Waals surface area contributed by atoms with E-state index in [0.29, 0.717) is 17.3 Å². The average Bonchev–Trinajstić information content (AvgIpc) is 2.63. The minimum Gasteiger partial charge on any atom is -0.480 e. The van der Waals surface area contributed by atoms with Crippen LogP contribution >= 0.6 is 23.1 Å². The molecular weight excluding hydrogens is 286 g/mol. The van der Waals surface area contributed by atoms with E-state index < -0.39 is 18.0 Å². The Kier molecular flexibility index (Phi) is 6.10. The van der Waals surface area contributed by atoms with Gasteiger partial charge in [-0.2, -0.15) is 11.8 Å². The number of carbonyl (C=O) groups is 2. The van der Waals surface area contributed by atoms with Gasteiger partial charge < -0.3 is 10.4 Å². The number of hydrogen-bond donors (Lipinski definition) is 3. The summed E-state index contributed by atoms with van der Waals surface area (Å²) in [5.41, 5.74) is 0.859. The zero-order valence-electron chi connectivity index (χ0n) is 11.0. The van der Waals surface area contributed by atoms with Crippen molar-refractivity contribution in [3.8, 4) is 0 Å². The summed E-state index contributed by atoms with van der Waals surface area (Å²) in [6.45, 7) is 3.77. The van der Waals surface area contributed by atoms with E-state index in [1.54, 1.807) is 0 Å². The van der Waals surface area contributed by atoms with Gasteiger partial charge >= 0.3 is 12.0 Å². The van der Waals surface area contributed by atoms with E-state index in [9.17, 15) is 9.59 Å². The minimum atomic E-state index is -1.03. The molecule has 0 aliphatic carbocycles. The normalized spacial score (nSPS) is 11.9. The molecule has 0 spiro atoms. The molecule has 0 fully saturated rings. The van der Waals surface area contributed by atoms with Crippen molar-refractivity contribution in [2.45, 2.75) is 26.3 Å². The summed E-state index contributed by atoms with van der Waals surface area (Å²) in [4.78, 5) is 27.9. The molecule has 1 atom stereocenters. The smallest absolute Gasteiger partial charge is 0.326 e. The van der Waals surface area contributed by atoms with E-state index in [2.05, 4.69) is 15.6 Å². The lowest BCUT2D eigenvalue weighted by molar-refractivity contribution is -0.139. The van der Waals surface area contributed by atoms with Crippen LogP contribution in [0.2, 0.25) is 0 Å². The van der Waals surface area contributed by atoms with Crippen LogP contribution in [0, 0.1) is 13.8 Å². The van der Waals surface area contributed by atoms with Gasteiger partial charge in [0, 0.05) is 4.88 Å². The number of aryl methyl sites for hydroxylation is 2. The standard InChI is InChI=1S/C11H17N3O3S2/c1-6-7(2)19-11(12-6)14-10(17)13-8(9(15)16)4-5-18-3/h8H,4-5H2,1-3H3,(H,15,16)(H2,12,13,14,17)/t8-/m1/s1. The number of amides is 2. The number of nitrogens with zero attached hydrogens (tertiary/aromatic N) is 1. The number of carbonyl (C=O) groups excluding carboxylic acids is 1. The van der Waals surface area contributed by atoms with Gasteiger partial charge in [-0.25, -0.2) is 14.6 Å². The van der Waals surface area contributed by atoms with Gasteiger partial charge in [-0.3, -0.25) is 5.32 Å². The molecule has 8 heteroatoms. The molecule has 19 heavy (non-hydrogen) atoms. The van der Waals surface area contributed by atoms with E-state index in [0.717, 1.165) is 10.6 Å². The number of thiazole rings is 1. The fourth-order valence-corrected chi connectivity index (χ4v) is 2.59. The highest BCUT2D eigenvalue weighted by molar-refractivity contribution is 7.98. The molecule has 0 saturated carbocycles. The van der Waals surface area contributed by atoms with Crippen molar-refractivity contribution in [3.63, 3.8) is 0 Å². The van der Waals surface area contributed by atoms with Gasteiger partial charge in [-0.1, -0.05) is 0 Å². The first-order valence-electron chi connectivity index (χ1n) is 5.67. The molecular formula is C11H17N3O3S2. The van der Waals surface area contributed by atoms with E-state index in [4.69, 9.17) is 5.11 Å². The lowest BCUT2D eigenvalue weighted by Gasteiger charge is -2.13. The van der Waals surface area contributed by atoms with Crippen LogP contribution in [0.25, 0.3) is 0 Å². The third-order valence-corrected chi connectivity index (χ3v) is 4.10. The van der Waals surface area contributed by atoms with Crippen LogP contribution in [-0.4, -0.2) is 40.1 Å². The summed E-state index contributed by atoms with van der Waals surface area (Å²) in [6.07, 6.45) is 2.28. The number of thioether (sulfide) groups is 1. The quantitative estimate of drug-likeness (QED) is 0.748. The highest BCUT2D eigenvalue weighted by Gasteiger charge is 2.19. The molecule has 0 unspecified atom stereocenters. The van der Waals surface area contributed by atoms with Gasteiger partial charge in [0.1, 0.15) is 6.04 Å². The number of anilines is 1. The fraction of sp³-hybridized carbons (Fsp3) is 0.545. The molecule has 0 saturated heterocycles. The predicted octanol–water partition coefficient (Wildman–Crippen LogP) is 2.09. The number of aromatic nitrogens is 1. The SMILES string of the molecule is CSCC[C@@H](NC(=O)Nc1nc(C)c(C)s1)C(=O)O. The Hall–Kier alpha value is -1.28. The highest BCUT2D eigenvalue weighted by Crippen LogP contribution is 2.20. The lowest BCUT2D eigenvalue weighted by atomic mass is 10.2. The summed E-state index contributed by atoms with van der Waals surface area (Å²) in [5, 5.41) is 14.5. The Bertz CT molecular complexity index is 443. The summed E-state index contributed by atoms with van der Waals surface area (Å²) >= 11 is 2.90. The molecule has 1 heterocycles. The van der Waals surface area contributed by atoms with Gasteiger partial charge in [-0.05, 0) is 32.3 Å². The number of urea groups is 1. The summed E-state index contributed by atoms with van der Waals surface area (Å²) in [6, 6.07) is -1.42. The molecule has 0 aliphatic heterocycles. The minimum absolute atomic E-state index is 0.389. The van der Waals surface area contributed by atoms with E-state index in [-0.39, 0.29) is 0 Å². The van der Waals surface area contributed by atoms with E-state index >= 15 is 0 Å². The van der Waals surface area contributed by atoms with Crippen LogP contribution < -0.4 is 10.6 Å². The van der Waals surface area contributed by atoms with Crippen molar-refractivity contribution in [3.05, 3.63) is 10.6 Å². The number of rotatable bonds is 6. The second kappa shape index (κ2) is 7.34.